The van der Waals surface area contributed by atoms with E-state index in [1.165, 1.54) is 12.8 Å². The summed E-state index contributed by atoms with van der Waals surface area (Å²) in [6.07, 6.45) is 6.09. The molecule has 4 nitrogen and oxygen atoms in total. The van der Waals surface area contributed by atoms with E-state index in [9.17, 15) is 5.11 Å². The number of aliphatic hydroxyl groups excluding tert-OH is 1. The van der Waals surface area contributed by atoms with Crippen LogP contribution in [-0.4, -0.2) is 27.0 Å². The molecular formula is C14H24ClN3O. The number of halogens is 1. The molecule has 19 heavy (non-hydrogen) atoms. The highest BCUT2D eigenvalue weighted by atomic mass is 35.5. The van der Waals surface area contributed by atoms with Crippen molar-refractivity contribution in [2.45, 2.75) is 64.1 Å². The minimum Gasteiger partial charge on any atom is -0.392 e. The predicted octanol–water partition coefficient (Wildman–Crippen LogP) is 2.42. The standard InChI is InChI=1S/C14H24ClN3O/c1-3-10-14(15)12(18(2)17-10)9-16-11-7-5-4-6-8-13(11)19/h11,13,16,19H,3-9H2,1-2H3. The summed E-state index contributed by atoms with van der Waals surface area (Å²) in [6.45, 7) is 2.73. The average Bonchev–Trinajstić information content (AvgIpc) is 2.55. The average molecular weight is 286 g/mol. The predicted molar refractivity (Wildman–Crippen MR) is 77.3 cm³/mol. The molecule has 1 fully saturated rings. The number of hydrogen-bond donors (Lipinski definition) is 2. The zero-order valence-electron chi connectivity index (χ0n) is 11.8. The Labute approximate surface area is 120 Å². The number of nitrogens with one attached hydrogen (secondary N) is 1. The van der Waals surface area contributed by atoms with E-state index in [1.807, 2.05) is 11.7 Å². The van der Waals surface area contributed by atoms with Crippen LogP contribution in [0.2, 0.25) is 5.02 Å². The van der Waals surface area contributed by atoms with Gasteiger partial charge in [-0.15, -0.1) is 0 Å². The molecule has 0 spiro atoms. The first-order valence-corrected chi connectivity index (χ1v) is 7.63. The molecule has 2 unspecified atom stereocenters. The van der Waals surface area contributed by atoms with Gasteiger partial charge >= 0.3 is 0 Å². The Morgan fingerprint density at radius 2 is 2.11 bits per heavy atom. The van der Waals surface area contributed by atoms with Crippen molar-refractivity contribution in [3.8, 4) is 0 Å². The monoisotopic (exact) mass is 285 g/mol. The second-order valence-electron chi connectivity index (χ2n) is 5.38. The SMILES string of the molecule is CCc1nn(C)c(CNC2CCCCCC2O)c1Cl. The molecule has 1 aliphatic rings. The van der Waals surface area contributed by atoms with E-state index >= 15 is 0 Å². The maximum Gasteiger partial charge on any atom is 0.0863 e. The van der Waals surface area contributed by atoms with Crippen LogP contribution in [0.1, 0.15) is 50.4 Å². The van der Waals surface area contributed by atoms with Crippen LogP contribution in [0.15, 0.2) is 0 Å². The molecular weight excluding hydrogens is 262 g/mol. The maximum atomic E-state index is 10.1. The van der Waals surface area contributed by atoms with Crippen molar-refractivity contribution in [3.63, 3.8) is 0 Å². The van der Waals surface area contributed by atoms with E-state index in [4.69, 9.17) is 11.6 Å². The number of aromatic nitrogens is 2. The van der Waals surface area contributed by atoms with Crippen molar-refractivity contribution in [2.24, 2.45) is 7.05 Å². The molecule has 0 aliphatic heterocycles. The molecule has 0 aromatic carbocycles. The number of nitrogens with zero attached hydrogens (tertiary/aromatic N) is 2. The van der Waals surface area contributed by atoms with Crippen molar-refractivity contribution in [3.05, 3.63) is 16.4 Å². The van der Waals surface area contributed by atoms with Crippen LogP contribution in [0.3, 0.4) is 0 Å². The Bertz CT molecular complexity index is 419. The topological polar surface area (TPSA) is 50.1 Å². The van der Waals surface area contributed by atoms with Gasteiger partial charge in [-0.25, -0.2) is 0 Å². The quantitative estimate of drug-likeness (QED) is 0.836. The third kappa shape index (κ3) is 3.50. The van der Waals surface area contributed by atoms with Crippen LogP contribution in [0.4, 0.5) is 0 Å². The normalized spacial score (nSPS) is 24.4. The van der Waals surface area contributed by atoms with Gasteiger partial charge in [-0.05, 0) is 19.3 Å². The summed E-state index contributed by atoms with van der Waals surface area (Å²) in [6, 6.07) is 0.179. The van der Waals surface area contributed by atoms with Crippen LogP contribution in [-0.2, 0) is 20.0 Å². The number of hydrogen-bond acceptors (Lipinski definition) is 3. The van der Waals surface area contributed by atoms with Crippen LogP contribution in [0.25, 0.3) is 0 Å². The highest BCUT2D eigenvalue weighted by Crippen LogP contribution is 2.22. The van der Waals surface area contributed by atoms with Crippen LogP contribution < -0.4 is 5.32 Å². The number of aliphatic hydroxyl groups is 1. The molecule has 1 aromatic heterocycles. The number of aryl methyl sites for hydroxylation is 2. The van der Waals surface area contributed by atoms with E-state index in [1.54, 1.807) is 0 Å². The summed E-state index contributed by atoms with van der Waals surface area (Å²) < 4.78 is 1.84. The molecule has 1 aliphatic carbocycles. The third-order valence-corrected chi connectivity index (χ3v) is 4.45. The van der Waals surface area contributed by atoms with Crippen LogP contribution in [0.5, 0.6) is 0 Å². The second-order valence-corrected chi connectivity index (χ2v) is 5.76. The first-order valence-electron chi connectivity index (χ1n) is 7.25. The first-order chi connectivity index (χ1) is 9.13. The van der Waals surface area contributed by atoms with E-state index in [-0.39, 0.29) is 12.1 Å². The van der Waals surface area contributed by atoms with Crippen molar-refractivity contribution < 1.29 is 5.11 Å². The molecule has 2 rings (SSSR count). The Kier molecular flexibility index (Phi) is 5.25. The van der Waals surface area contributed by atoms with Crippen molar-refractivity contribution in [2.75, 3.05) is 0 Å². The lowest BCUT2D eigenvalue weighted by atomic mass is 10.1. The zero-order chi connectivity index (χ0) is 13.8. The third-order valence-electron chi connectivity index (χ3n) is 4.01. The lowest BCUT2D eigenvalue weighted by Gasteiger charge is -2.21. The zero-order valence-corrected chi connectivity index (χ0v) is 12.6. The minimum atomic E-state index is -0.236. The van der Waals surface area contributed by atoms with Crippen molar-refractivity contribution in [1.82, 2.24) is 15.1 Å². The molecule has 2 N–H and O–H groups in total. The van der Waals surface area contributed by atoms with Crippen LogP contribution >= 0.6 is 11.6 Å². The fourth-order valence-electron chi connectivity index (χ4n) is 2.77. The van der Waals surface area contributed by atoms with Crippen molar-refractivity contribution in [1.29, 1.82) is 0 Å². The van der Waals surface area contributed by atoms with Gasteiger partial charge in [0, 0.05) is 19.6 Å². The molecule has 0 radical (unpaired) electrons. The lowest BCUT2D eigenvalue weighted by molar-refractivity contribution is 0.119. The smallest absolute Gasteiger partial charge is 0.0863 e. The molecule has 0 amide bonds. The van der Waals surface area contributed by atoms with E-state index in [0.29, 0.717) is 6.54 Å². The maximum absolute atomic E-state index is 10.1. The lowest BCUT2D eigenvalue weighted by Crippen LogP contribution is -2.39. The fraction of sp³-hybridized carbons (Fsp3) is 0.786. The highest BCUT2D eigenvalue weighted by molar-refractivity contribution is 6.31. The summed E-state index contributed by atoms with van der Waals surface area (Å²) in [4.78, 5) is 0. The highest BCUT2D eigenvalue weighted by Gasteiger charge is 2.22. The molecule has 108 valence electrons. The Hall–Kier alpha value is -0.580. The molecule has 1 heterocycles. The van der Waals surface area contributed by atoms with Gasteiger partial charge in [0.25, 0.3) is 0 Å². The molecule has 5 heteroatoms. The van der Waals surface area contributed by atoms with Crippen molar-refractivity contribution >= 4 is 11.6 Å². The van der Waals surface area contributed by atoms with Gasteiger partial charge in [0.1, 0.15) is 0 Å². The van der Waals surface area contributed by atoms with Gasteiger partial charge in [0.15, 0.2) is 0 Å². The van der Waals surface area contributed by atoms with Gasteiger partial charge in [-0.2, -0.15) is 5.10 Å². The Balaban J connectivity index is 1.99. The van der Waals surface area contributed by atoms with E-state index in [0.717, 1.165) is 42.1 Å². The summed E-state index contributed by atoms with van der Waals surface area (Å²) in [7, 11) is 1.92. The molecule has 0 bridgehead atoms. The van der Waals surface area contributed by atoms with Gasteiger partial charge in [-0.3, -0.25) is 4.68 Å². The van der Waals surface area contributed by atoms with Crippen LogP contribution in [0, 0.1) is 0 Å². The summed E-state index contributed by atoms with van der Waals surface area (Å²) >= 11 is 6.33. The molecule has 2 atom stereocenters. The van der Waals surface area contributed by atoms with Gasteiger partial charge < -0.3 is 10.4 Å². The summed E-state index contributed by atoms with van der Waals surface area (Å²) in [5, 5.41) is 18.7. The van der Waals surface area contributed by atoms with Gasteiger partial charge in [0.05, 0.1) is 22.5 Å². The largest absolute Gasteiger partial charge is 0.392 e. The minimum absolute atomic E-state index is 0.179. The fourth-order valence-corrected chi connectivity index (χ4v) is 3.13. The second kappa shape index (κ2) is 6.73. The van der Waals surface area contributed by atoms with E-state index < -0.39 is 0 Å². The molecule has 0 saturated heterocycles. The Morgan fingerprint density at radius 1 is 1.37 bits per heavy atom. The Morgan fingerprint density at radius 3 is 2.79 bits per heavy atom. The number of rotatable bonds is 4. The van der Waals surface area contributed by atoms with E-state index in [2.05, 4.69) is 17.3 Å². The summed E-state index contributed by atoms with van der Waals surface area (Å²) in [5.41, 5.74) is 1.96. The summed E-state index contributed by atoms with van der Waals surface area (Å²) in [5.74, 6) is 0. The molecule has 1 saturated carbocycles. The van der Waals surface area contributed by atoms with Gasteiger partial charge in [-0.1, -0.05) is 37.8 Å². The first kappa shape index (κ1) is 14.8. The molecule has 1 aromatic rings. The van der Waals surface area contributed by atoms with Gasteiger partial charge in [0.2, 0.25) is 0 Å².